The van der Waals surface area contributed by atoms with E-state index in [4.69, 9.17) is 4.74 Å². The SMILES string of the molecule is Cc1ccc(CC2(C(=O)O)CCCC2OC(=O)c2ccccc2C)cc1. The molecular weight excluding hydrogens is 328 g/mol. The molecular formula is C22H24O4. The Morgan fingerprint density at radius 2 is 1.81 bits per heavy atom. The fourth-order valence-corrected chi connectivity index (χ4v) is 3.80. The van der Waals surface area contributed by atoms with E-state index in [0.29, 0.717) is 24.8 Å². The van der Waals surface area contributed by atoms with Gasteiger partial charge in [-0.3, -0.25) is 4.79 Å². The Morgan fingerprint density at radius 1 is 1.12 bits per heavy atom. The number of esters is 1. The van der Waals surface area contributed by atoms with Crippen LogP contribution >= 0.6 is 0 Å². The summed E-state index contributed by atoms with van der Waals surface area (Å²) >= 11 is 0. The van der Waals surface area contributed by atoms with Crippen molar-refractivity contribution in [2.75, 3.05) is 0 Å². The Bertz CT molecular complexity index is 809. The number of carbonyl (C=O) groups excluding carboxylic acids is 1. The number of aryl methyl sites for hydroxylation is 2. The zero-order valence-electron chi connectivity index (χ0n) is 15.2. The van der Waals surface area contributed by atoms with Crippen LogP contribution in [0, 0.1) is 19.3 Å². The van der Waals surface area contributed by atoms with E-state index in [1.54, 1.807) is 12.1 Å². The van der Waals surface area contributed by atoms with Gasteiger partial charge in [0.2, 0.25) is 0 Å². The van der Waals surface area contributed by atoms with E-state index in [9.17, 15) is 14.7 Å². The van der Waals surface area contributed by atoms with Gasteiger partial charge in [0.05, 0.1) is 5.56 Å². The average molecular weight is 352 g/mol. The Hall–Kier alpha value is -2.62. The van der Waals surface area contributed by atoms with Crippen molar-refractivity contribution in [3.63, 3.8) is 0 Å². The van der Waals surface area contributed by atoms with Crippen molar-refractivity contribution in [3.05, 3.63) is 70.8 Å². The van der Waals surface area contributed by atoms with E-state index in [0.717, 1.165) is 23.1 Å². The maximum absolute atomic E-state index is 12.6. The zero-order valence-corrected chi connectivity index (χ0v) is 15.2. The highest BCUT2D eigenvalue weighted by Crippen LogP contribution is 2.44. The lowest BCUT2D eigenvalue weighted by atomic mass is 9.78. The first-order valence-corrected chi connectivity index (χ1v) is 8.98. The van der Waals surface area contributed by atoms with Crippen molar-refractivity contribution < 1.29 is 19.4 Å². The van der Waals surface area contributed by atoms with E-state index in [1.165, 1.54) is 0 Å². The monoisotopic (exact) mass is 352 g/mol. The predicted octanol–water partition coefficient (Wildman–Crippen LogP) is 4.33. The minimum absolute atomic E-state index is 0.369. The van der Waals surface area contributed by atoms with Gasteiger partial charge >= 0.3 is 11.9 Å². The van der Waals surface area contributed by atoms with Gasteiger partial charge in [-0.1, -0.05) is 48.0 Å². The largest absolute Gasteiger partial charge is 0.481 e. The number of hydrogen-bond acceptors (Lipinski definition) is 3. The summed E-state index contributed by atoms with van der Waals surface area (Å²) in [6, 6.07) is 15.1. The lowest BCUT2D eigenvalue weighted by Crippen LogP contribution is -2.43. The van der Waals surface area contributed by atoms with E-state index in [-0.39, 0.29) is 0 Å². The molecule has 2 unspecified atom stereocenters. The molecule has 4 nitrogen and oxygen atoms in total. The van der Waals surface area contributed by atoms with Crippen LogP contribution in [-0.2, 0) is 16.0 Å². The number of benzene rings is 2. The molecule has 0 aliphatic heterocycles. The van der Waals surface area contributed by atoms with Crippen molar-refractivity contribution in [2.24, 2.45) is 5.41 Å². The van der Waals surface area contributed by atoms with Crippen LogP contribution in [0.1, 0.15) is 46.3 Å². The molecule has 3 rings (SSSR count). The van der Waals surface area contributed by atoms with Gasteiger partial charge in [-0.15, -0.1) is 0 Å². The van der Waals surface area contributed by atoms with Gasteiger partial charge < -0.3 is 9.84 Å². The highest BCUT2D eigenvalue weighted by Gasteiger charge is 2.51. The molecule has 0 saturated heterocycles. The number of rotatable bonds is 5. The maximum Gasteiger partial charge on any atom is 0.338 e. The fraction of sp³-hybridized carbons (Fsp3) is 0.364. The third-order valence-electron chi connectivity index (χ3n) is 5.39. The van der Waals surface area contributed by atoms with Crippen LogP contribution in [0.2, 0.25) is 0 Å². The van der Waals surface area contributed by atoms with Gasteiger partial charge in [0, 0.05) is 0 Å². The number of carboxylic acids is 1. The summed E-state index contributed by atoms with van der Waals surface area (Å²) in [5.74, 6) is -1.33. The second-order valence-corrected chi connectivity index (χ2v) is 7.22. The topological polar surface area (TPSA) is 63.6 Å². The summed E-state index contributed by atoms with van der Waals surface area (Å²) in [5, 5.41) is 10.00. The number of hydrogen-bond donors (Lipinski definition) is 1. The first kappa shape index (κ1) is 18.2. The van der Waals surface area contributed by atoms with E-state index >= 15 is 0 Å². The van der Waals surface area contributed by atoms with Crippen molar-refractivity contribution >= 4 is 11.9 Å². The molecule has 0 aromatic heterocycles. The molecule has 1 aliphatic rings. The Morgan fingerprint density at radius 3 is 2.46 bits per heavy atom. The molecule has 0 heterocycles. The van der Waals surface area contributed by atoms with Crippen LogP contribution in [0.15, 0.2) is 48.5 Å². The molecule has 0 bridgehead atoms. The van der Waals surface area contributed by atoms with Crippen LogP contribution < -0.4 is 0 Å². The third-order valence-corrected chi connectivity index (χ3v) is 5.39. The van der Waals surface area contributed by atoms with Gasteiger partial charge in [0.1, 0.15) is 11.5 Å². The highest BCUT2D eigenvalue weighted by molar-refractivity contribution is 5.91. The smallest absolute Gasteiger partial charge is 0.338 e. The van der Waals surface area contributed by atoms with Gasteiger partial charge in [-0.05, 0) is 56.7 Å². The van der Waals surface area contributed by atoms with Crippen molar-refractivity contribution in [3.8, 4) is 0 Å². The van der Waals surface area contributed by atoms with Gasteiger partial charge in [0.25, 0.3) is 0 Å². The molecule has 1 fully saturated rings. The maximum atomic E-state index is 12.6. The first-order valence-electron chi connectivity index (χ1n) is 8.98. The molecule has 4 heteroatoms. The molecule has 1 N–H and O–H groups in total. The molecule has 0 spiro atoms. The van der Waals surface area contributed by atoms with Crippen molar-refractivity contribution in [1.82, 2.24) is 0 Å². The molecule has 0 radical (unpaired) electrons. The molecule has 136 valence electrons. The second kappa shape index (κ2) is 7.32. The van der Waals surface area contributed by atoms with Crippen molar-refractivity contribution in [2.45, 2.75) is 45.6 Å². The summed E-state index contributed by atoms with van der Waals surface area (Å²) in [6.45, 7) is 3.85. The van der Waals surface area contributed by atoms with Crippen LogP contribution in [0.25, 0.3) is 0 Å². The zero-order chi connectivity index (χ0) is 18.7. The van der Waals surface area contributed by atoms with Crippen LogP contribution in [0.5, 0.6) is 0 Å². The number of carbonyl (C=O) groups is 2. The predicted molar refractivity (Wildman–Crippen MR) is 99.2 cm³/mol. The lowest BCUT2D eigenvalue weighted by molar-refractivity contribution is -0.154. The van der Waals surface area contributed by atoms with E-state index in [2.05, 4.69) is 0 Å². The quantitative estimate of drug-likeness (QED) is 0.814. The molecule has 1 aliphatic carbocycles. The van der Waals surface area contributed by atoms with Crippen molar-refractivity contribution in [1.29, 1.82) is 0 Å². The third kappa shape index (κ3) is 3.50. The summed E-state index contributed by atoms with van der Waals surface area (Å²) in [7, 11) is 0. The number of carboxylic acid groups (broad SMARTS) is 1. The molecule has 0 amide bonds. The summed E-state index contributed by atoms with van der Waals surface area (Å²) in [4.78, 5) is 24.8. The average Bonchev–Trinajstić information content (AvgIpc) is 3.01. The number of aliphatic carboxylic acids is 1. The summed E-state index contributed by atoms with van der Waals surface area (Å²) in [6.07, 6.45) is 1.59. The normalized spacial score (nSPS) is 22.2. The lowest BCUT2D eigenvalue weighted by Gasteiger charge is -2.31. The van der Waals surface area contributed by atoms with Gasteiger partial charge in [-0.25, -0.2) is 4.79 Å². The van der Waals surface area contributed by atoms with Crippen LogP contribution in [0.3, 0.4) is 0 Å². The Kier molecular flexibility index (Phi) is 5.12. The van der Waals surface area contributed by atoms with E-state index in [1.807, 2.05) is 50.2 Å². The minimum Gasteiger partial charge on any atom is -0.481 e. The highest BCUT2D eigenvalue weighted by atomic mass is 16.5. The molecule has 1 saturated carbocycles. The second-order valence-electron chi connectivity index (χ2n) is 7.22. The Balaban J connectivity index is 1.85. The minimum atomic E-state index is -1.06. The summed E-state index contributed by atoms with van der Waals surface area (Å²) in [5.41, 5.74) is 2.35. The summed E-state index contributed by atoms with van der Waals surface area (Å²) < 4.78 is 5.73. The van der Waals surface area contributed by atoms with Crippen LogP contribution in [-0.4, -0.2) is 23.1 Å². The van der Waals surface area contributed by atoms with E-state index < -0.39 is 23.5 Å². The Labute approximate surface area is 153 Å². The fourth-order valence-electron chi connectivity index (χ4n) is 3.80. The number of ether oxygens (including phenoxy) is 1. The van der Waals surface area contributed by atoms with Gasteiger partial charge in [-0.2, -0.15) is 0 Å². The standard InChI is InChI=1S/C22H24O4/c1-15-9-11-17(12-10-15)14-22(21(24)25)13-5-8-19(22)26-20(23)18-7-4-3-6-16(18)2/h3-4,6-7,9-12,19H,5,8,13-14H2,1-2H3,(H,24,25). The van der Waals surface area contributed by atoms with Gasteiger partial charge in [0.15, 0.2) is 0 Å². The molecule has 2 aromatic rings. The van der Waals surface area contributed by atoms with Crippen LogP contribution in [0.4, 0.5) is 0 Å². The first-order chi connectivity index (χ1) is 12.4. The molecule has 26 heavy (non-hydrogen) atoms. The molecule has 2 aromatic carbocycles. The molecule has 2 atom stereocenters.